The lowest BCUT2D eigenvalue weighted by Crippen LogP contribution is -2.55. The van der Waals surface area contributed by atoms with Crippen LogP contribution in [0.1, 0.15) is 0 Å². The van der Waals surface area contributed by atoms with Crippen molar-refractivity contribution in [2.45, 2.75) is 24.2 Å². The Kier molecular flexibility index (Phi) is 3.09. The fourth-order valence-electron chi connectivity index (χ4n) is 1.85. The maximum absolute atomic E-state index is 11.5. The number of aromatic amines is 1. The van der Waals surface area contributed by atoms with Crippen LogP contribution >= 0.6 is 0 Å². The van der Waals surface area contributed by atoms with Crippen molar-refractivity contribution >= 4 is 0 Å². The van der Waals surface area contributed by atoms with Crippen LogP contribution in [0.5, 0.6) is 0 Å². The molecule has 1 fully saturated rings. The van der Waals surface area contributed by atoms with E-state index in [0.717, 1.165) is 12.3 Å². The van der Waals surface area contributed by atoms with Crippen LogP contribution in [0.4, 0.5) is 0 Å². The largest absolute Gasteiger partial charge is 0.394 e. The predicted octanol–water partition coefficient (Wildman–Crippen LogP) is -3.75. The Morgan fingerprint density at radius 2 is 2.11 bits per heavy atom. The Morgan fingerprint density at radius 3 is 2.61 bits per heavy atom. The summed E-state index contributed by atoms with van der Waals surface area (Å²) in [4.78, 5) is 25.1. The van der Waals surface area contributed by atoms with E-state index in [9.17, 15) is 24.9 Å². The fraction of sp³-hybridized carbons (Fsp3) is 0.556. The Hall–Kier alpha value is -1.52. The molecule has 0 spiro atoms. The lowest BCUT2D eigenvalue weighted by molar-refractivity contribution is -0.292. The predicted molar refractivity (Wildman–Crippen MR) is 55.5 cm³/mol. The van der Waals surface area contributed by atoms with Gasteiger partial charge in [0.05, 0.1) is 6.61 Å². The molecule has 0 amide bonds. The van der Waals surface area contributed by atoms with Gasteiger partial charge in [-0.1, -0.05) is 0 Å². The van der Waals surface area contributed by atoms with Crippen molar-refractivity contribution in [3.05, 3.63) is 33.1 Å². The standard InChI is InChI=1S/C9H12N2O7/c12-3-4-6(14)7(15)9(17,18-4)11-5(13)1-2-10-8(11)16/h1-2,4,6-7,12,14-15,17H,3H2,(H,10,16)/t4-,6-,7-,9+/m1/s1. The number of aliphatic hydroxyl groups is 4. The van der Waals surface area contributed by atoms with Crippen molar-refractivity contribution in [1.82, 2.24) is 9.55 Å². The van der Waals surface area contributed by atoms with E-state index in [1.54, 1.807) is 0 Å². The second kappa shape index (κ2) is 4.30. The van der Waals surface area contributed by atoms with E-state index >= 15 is 0 Å². The lowest BCUT2D eigenvalue weighted by Gasteiger charge is -2.26. The SMILES string of the molecule is O=c1cc[nH]c(=O)n1[C@@]1(O)O[C@H](CO)[C@@H](O)[C@H]1O. The molecule has 100 valence electrons. The Balaban J connectivity index is 2.57. The summed E-state index contributed by atoms with van der Waals surface area (Å²) in [6.07, 6.45) is -3.83. The van der Waals surface area contributed by atoms with Gasteiger partial charge in [-0.05, 0) is 0 Å². The highest BCUT2D eigenvalue weighted by atomic mass is 16.7. The minimum absolute atomic E-state index is 0.233. The molecule has 9 nitrogen and oxygen atoms in total. The first kappa shape index (κ1) is 12.9. The average Bonchev–Trinajstić information content (AvgIpc) is 2.54. The maximum Gasteiger partial charge on any atom is 0.332 e. The molecule has 1 aromatic heterocycles. The van der Waals surface area contributed by atoms with Crippen molar-refractivity contribution in [3.8, 4) is 0 Å². The number of rotatable bonds is 2. The van der Waals surface area contributed by atoms with Gasteiger partial charge in [-0.15, -0.1) is 0 Å². The molecule has 18 heavy (non-hydrogen) atoms. The smallest absolute Gasteiger partial charge is 0.332 e. The van der Waals surface area contributed by atoms with Crippen molar-refractivity contribution in [2.75, 3.05) is 6.61 Å². The minimum Gasteiger partial charge on any atom is -0.394 e. The van der Waals surface area contributed by atoms with Crippen LogP contribution in [-0.2, 0) is 10.6 Å². The van der Waals surface area contributed by atoms with Gasteiger partial charge >= 0.3 is 5.69 Å². The van der Waals surface area contributed by atoms with Crippen molar-refractivity contribution in [1.29, 1.82) is 0 Å². The molecule has 0 aromatic carbocycles. The first-order valence-corrected chi connectivity index (χ1v) is 5.10. The molecule has 0 aliphatic carbocycles. The molecule has 0 bridgehead atoms. The zero-order valence-corrected chi connectivity index (χ0v) is 9.05. The second-order valence-electron chi connectivity index (χ2n) is 3.89. The summed E-state index contributed by atoms with van der Waals surface area (Å²) in [5.41, 5.74) is -1.94. The monoisotopic (exact) mass is 260 g/mol. The third kappa shape index (κ3) is 1.69. The zero-order valence-electron chi connectivity index (χ0n) is 9.05. The number of nitrogens with zero attached hydrogens (tertiary/aromatic N) is 1. The highest BCUT2D eigenvalue weighted by molar-refractivity contribution is 4.96. The Bertz CT molecular complexity index is 524. The summed E-state index contributed by atoms with van der Waals surface area (Å²) in [5.74, 6) is -2.72. The van der Waals surface area contributed by atoms with Crippen LogP contribution in [0.15, 0.2) is 21.9 Å². The van der Waals surface area contributed by atoms with E-state index < -0.39 is 42.1 Å². The molecule has 2 heterocycles. The zero-order chi connectivity index (χ0) is 13.5. The van der Waals surface area contributed by atoms with Crippen LogP contribution in [0.3, 0.4) is 0 Å². The van der Waals surface area contributed by atoms with Crippen LogP contribution in [-0.4, -0.2) is 54.9 Å². The summed E-state index contributed by atoms with van der Waals surface area (Å²) < 4.78 is 5.05. The molecule has 0 saturated carbocycles. The molecule has 0 radical (unpaired) electrons. The van der Waals surface area contributed by atoms with Gasteiger partial charge in [-0.3, -0.25) is 4.79 Å². The summed E-state index contributed by atoms with van der Waals surface area (Å²) >= 11 is 0. The fourth-order valence-corrected chi connectivity index (χ4v) is 1.85. The molecule has 9 heteroatoms. The Morgan fingerprint density at radius 1 is 1.44 bits per heavy atom. The Labute approximate surface area is 99.5 Å². The molecule has 1 saturated heterocycles. The number of hydrogen-bond donors (Lipinski definition) is 5. The third-order valence-electron chi connectivity index (χ3n) is 2.77. The van der Waals surface area contributed by atoms with E-state index in [0.29, 0.717) is 0 Å². The van der Waals surface area contributed by atoms with Gasteiger partial charge < -0.3 is 30.1 Å². The second-order valence-corrected chi connectivity index (χ2v) is 3.89. The maximum atomic E-state index is 11.5. The van der Waals surface area contributed by atoms with E-state index in [1.807, 2.05) is 0 Å². The topological polar surface area (TPSA) is 145 Å². The normalized spacial score (nSPS) is 35.9. The molecule has 5 N–H and O–H groups in total. The van der Waals surface area contributed by atoms with Crippen LogP contribution in [0.2, 0.25) is 0 Å². The van der Waals surface area contributed by atoms with Gasteiger partial charge in [0.1, 0.15) is 12.2 Å². The van der Waals surface area contributed by atoms with E-state index in [4.69, 9.17) is 9.84 Å². The van der Waals surface area contributed by atoms with Gasteiger partial charge in [0.25, 0.3) is 11.5 Å². The van der Waals surface area contributed by atoms with Gasteiger partial charge in [-0.25, -0.2) is 9.36 Å². The summed E-state index contributed by atoms with van der Waals surface area (Å²) in [6.45, 7) is -0.694. The van der Waals surface area contributed by atoms with E-state index in [-0.39, 0.29) is 4.57 Å². The third-order valence-corrected chi connectivity index (χ3v) is 2.77. The first-order chi connectivity index (χ1) is 8.41. The highest BCUT2D eigenvalue weighted by Gasteiger charge is 2.56. The molecule has 1 aliphatic heterocycles. The molecule has 1 aromatic rings. The molecular weight excluding hydrogens is 248 g/mol. The summed E-state index contributed by atoms with van der Waals surface area (Å²) in [5, 5.41) is 38.1. The van der Waals surface area contributed by atoms with Crippen molar-refractivity contribution in [2.24, 2.45) is 0 Å². The van der Waals surface area contributed by atoms with E-state index in [2.05, 4.69) is 4.98 Å². The molecule has 0 unspecified atom stereocenters. The highest BCUT2D eigenvalue weighted by Crippen LogP contribution is 2.31. The first-order valence-electron chi connectivity index (χ1n) is 5.10. The van der Waals surface area contributed by atoms with Crippen LogP contribution in [0.25, 0.3) is 0 Å². The molecule has 4 atom stereocenters. The number of hydrogen-bond acceptors (Lipinski definition) is 7. The number of nitrogens with one attached hydrogen (secondary N) is 1. The number of H-pyrrole nitrogens is 1. The van der Waals surface area contributed by atoms with E-state index in [1.165, 1.54) is 0 Å². The number of aliphatic hydroxyl groups excluding tert-OH is 3. The van der Waals surface area contributed by atoms with Gasteiger partial charge in [-0.2, -0.15) is 0 Å². The summed E-state index contributed by atoms with van der Waals surface area (Å²) in [7, 11) is 0. The summed E-state index contributed by atoms with van der Waals surface area (Å²) in [6, 6.07) is 0.939. The van der Waals surface area contributed by atoms with Gasteiger partial charge in [0.2, 0.25) is 0 Å². The lowest BCUT2D eigenvalue weighted by atomic mass is 10.1. The molecular formula is C9H12N2O7. The van der Waals surface area contributed by atoms with Gasteiger partial charge in [0.15, 0.2) is 6.10 Å². The van der Waals surface area contributed by atoms with Crippen molar-refractivity contribution < 1.29 is 25.2 Å². The molecule has 2 rings (SSSR count). The quantitative estimate of drug-likeness (QED) is 0.367. The van der Waals surface area contributed by atoms with Crippen LogP contribution in [0, 0.1) is 0 Å². The van der Waals surface area contributed by atoms with Crippen LogP contribution < -0.4 is 11.2 Å². The van der Waals surface area contributed by atoms with Crippen molar-refractivity contribution in [3.63, 3.8) is 0 Å². The minimum atomic E-state index is -2.72. The number of aromatic nitrogens is 2. The molecule has 1 aliphatic rings. The van der Waals surface area contributed by atoms with Gasteiger partial charge in [0, 0.05) is 12.3 Å². The number of ether oxygens (including phenoxy) is 1. The average molecular weight is 260 g/mol.